The van der Waals surface area contributed by atoms with Gasteiger partial charge >= 0.3 is 0 Å². The minimum absolute atomic E-state index is 0.0975. The maximum absolute atomic E-state index is 12.8. The van der Waals surface area contributed by atoms with Gasteiger partial charge in [0.1, 0.15) is 11.3 Å². The van der Waals surface area contributed by atoms with E-state index in [-0.39, 0.29) is 11.5 Å². The number of amides is 1. The van der Waals surface area contributed by atoms with Crippen LogP contribution >= 0.6 is 0 Å². The summed E-state index contributed by atoms with van der Waals surface area (Å²) in [7, 11) is 0. The van der Waals surface area contributed by atoms with Crippen LogP contribution in [0.1, 0.15) is 65.1 Å². The molecule has 2 fully saturated rings. The third kappa shape index (κ3) is 3.01. The molecule has 1 saturated carbocycles. The largest absolute Gasteiger partial charge is 0.384 e. The van der Waals surface area contributed by atoms with Crippen LogP contribution in [0.5, 0.6) is 0 Å². The Morgan fingerprint density at radius 3 is 2.52 bits per heavy atom. The number of aliphatic hydroxyl groups is 1. The van der Waals surface area contributed by atoms with E-state index in [4.69, 9.17) is 0 Å². The molecule has 0 unspecified atom stereocenters. The molecule has 1 aliphatic carbocycles. The smallest absolute Gasteiger partial charge is 0.228 e. The number of hydrogen-bond acceptors (Lipinski definition) is 4. The predicted molar refractivity (Wildman–Crippen MR) is 86.6 cm³/mol. The second-order valence-electron chi connectivity index (χ2n) is 8.24. The molecule has 6 nitrogen and oxygen atoms in total. The van der Waals surface area contributed by atoms with Crippen molar-refractivity contribution in [1.82, 2.24) is 19.9 Å². The van der Waals surface area contributed by atoms with Crippen LogP contribution in [0.15, 0.2) is 6.20 Å². The summed E-state index contributed by atoms with van der Waals surface area (Å²) in [5.74, 6) is 0.887. The van der Waals surface area contributed by atoms with Gasteiger partial charge in [0.2, 0.25) is 5.91 Å². The maximum atomic E-state index is 12.8. The molecule has 1 aromatic heterocycles. The fourth-order valence-corrected chi connectivity index (χ4v) is 3.75. The average molecular weight is 320 g/mol. The average Bonchev–Trinajstić information content (AvgIpc) is 2.80. The van der Waals surface area contributed by atoms with Crippen molar-refractivity contribution in [2.75, 3.05) is 13.1 Å². The summed E-state index contributed by atoms with van der Waals surface area (Å²) in [5, 5.41) is 18.1. The molecule has 23 heavy (non-hydrogen) atoms. The zero-order chi connectivity index (χ0) is 16.8. The van der Waals surface area contributed by atoms with Crippen LogP contribution in [0.25, 0.3) is 0 Å². The van der Waals surface area contributed by atoms with E-state index < -0.39 is 5.60 Å². The second kappa shape index (κ2) is 5.58. The SMILES string of the molecule is CC(C)CC1(C(=O)N2CC(n3cc(C(C)(C)O)nn3)C2)CCC1. The summed E-state index contributed by atoms with van der Waals surface area (Å²) >= 11 is 0. The van der Waals surface area contributed by atoms with Gasteiger partial charge < -0.3 is 10.0 Å². The van der Waals surface area contributed by atoms with Crippen molar-refractivity contribution < 1.29 is 9.90 Å². The first kappa shape index (κ1) is 16.4. The van der Waals surface area contributed by atoms with Crippen LogP contribution in [0, 0.1) is 11.3 Å². The highest BCUT2D eigenvalue weighted by Crippen LogP contribution is 2.48. The molecule has 2 heterocycles. The van der Waals surface area contributed by atoms with Gasteiger partial charge in [-0.15, -0.1) is 5.10 Å². The van der Waals surface area contributed by atoms with Crippen LogP contribution in [-0.2, 0) is 10.4 Å². The number of aromatic nitrogens is 3. The molecule has 0 spiro atoms. The minimum atomic E-state index is -0.981. The minimum Gasteiger partial charge on any atom is -0.384 e. The molecular formula is C17H28N4O2. The van der Waals surface area contributed by atoms with Crippen LogP contribution < -0.4 is 0 Å². The zero-order valence-electron chi connectivity index (χ0n) is 14.6. The fraction of sp³-hybridized carbons (Fsp3) is 0.824. The van der Waals surface area contributed by atoms with E-state index in [1.165, 1.54) is 6.42 Å². The van der Waals surface area contributed by atoms with Gasteiger partial charge in [0, 0.05) is 18.5 Å². The molecule has 1 N–H and O–H groups in total. The Kier molecular flexibility index (Phi) is 3.99. The Morgan fingerprint density at radius 2 is 2.09 bits per heavy atom. The van der Waals surface area contributed by atoms with Gasteiger partial charge in [0.15, 0.2) is 0 Å². The van der Waals surface area contributed by atoms with Gasteiger partial charge in [-0.05, 0) is 39.0 Å². The lowest BCUT2D eigenvalue weighted by molar-refractivity contribution is -0.155. The molecule has 2 aliphatic rings. The topological polar surface area (TPSA) is 71.2 Å². The van der Waals surface area contributed by atoms with Crippen LogP contribution in [0.3, 0.4) is 0 Å². The van der Waals surface area contributed by atoms with Gasteiger partial charge in [-0.3, -0.25) is 4.79 Å². The molecule has 3 rings (SSSR count). The maximum Gasteiger partial charge on any atom is 0.228 e. The summed E-state index contributed by atoms with van der Waals surface area (Å²) in [6.45, 7) is 9.19. The lowest BCUT2D eigenvalue weighted by atomic mass is 9.63. The van der Waals surface area contributed by atoms with Crippen LogP contribution in [0.4, 0.5) is 0 Å². The highest BCUT2D eigenvalue weighted by molar-refractivity contribution is 5.84. The number of rotatable bonds is 5. The number of carbonyl (C=O) groups is 1. The number of hydrogen-bond donors (Lipinski definition) is 1. The Balaban J connectivity index is 1.60. The molecule has 0 radical (unpaired) electrons. The van der Waals surface area contributed by atoms with Crippen molar-refractivity contribution in [2.24, 2.45) is 11.3 Å². The predicted octanol–water partition coefficient (Wildman–Crippen LogP) is 2.11. The quantitative estimate of drug-likeness (QED) is 0.902. The van der Waals surface area contributed by atoms with Crippen molar-refractivity contribution in [2.45, 2.75) is 65.0 Å². The standard InChI is InChI=1S/C17H28N4O2/c1-12(2)8-17(6-5-7-17)15(22)20-9-13(10-20)21-11-14(18-19-21)16(3,4)23/h11-13,23H,5-10H2,1-4H3. The van der Waals surface area contributed by atoms with E-state index in [0.29, 0.717) is 30.6 Å². The first-order valence-corrected chi connectivity index (χ1v) is 8.65. The van der Waals surface area contributed by atoms with Crippen LogP contribution in [0.2, 0.25) is 0 Å². The highest BCUT2D eigenvalue weighted by Gasteiger charge is 2.49. The van der Waals surface area contributed by atoms with Crippen molar-refractivity contribution in [3.8, 4) is 0 Å². The molecule has 6 heteroatoms. The van der Waals surface area contributed by atoms with Crippen molar-refractivity contribution in [3.05, 3.63) is 11.9 Å². The van der Waals surface area contributed by atoms with E-state index in [1.807, 2.05) is 4.90 Å². The third-order valence-corrected chi connectivity index (χ3v) is 5.22. The summed E-state index contributed by atoms with van der Waals surface area (Å²) in [4.78, 5) is 14.8. The first-order valence-electron chi connectivity index (χ1n) is 8.65. The van der Waals surface area contributed by atoms with Gasteiger partial charge in [-0.2, -0.15) is 0 Å². The number of likely N-dealkylation sites (tertiary alicyclic amines) is 1. The molecule has 1 amide bonds. The summed E-state index contributed by atoms with van der Waals surface area (Å²) < 4.78 is 1.78. The molecular weight excluding hydrogens is 292 g/mol. The fourth-order valence-electron chi connectivity index (χ4n) is 3.75. The van der Waals surface area contributed by atoms with Crippen molar-refractivity contribution in [1.29, 1.82) is 0 Å². The molecule has 1 aromatic rings. The van der Waals surface area contributed by atoms with Crippen molar-refractivity contribution >= 4 is 5.91 Å². The van der Waals surface area contributed by atoms with Gasteiger partial charge in [-0.1, -0.05) is 25.5 Å². The Hall–Kier alpha value is -1.43. The van der Waals surface area contributed by atoms with E-state index in [9.17, 15) is 9.90 Å². The summed E-state index contributed by atoms with van der Waals surface area (Å²) in [6, 6.07) is 0.179. The van der Waals surface area contributed by atoms with Crippen LogP contribution in [-0.4, -0.2) is 44.0 Å². The molecule has 128 valence electrons. The zero-order valence-corrected chi connectivity index (χ0v) is 14.6. The Bertz CT molecular complexity index is 578. The van der Waals surface area contributed by atoms with E-state index >= 15 is 0 Å². The Morgan fingerprint density at radius 1 is 1.43 bits per heavy atom. The molecule has 1 aliphatic heterocycles. The lowest BCUT2D eigenvalue weighted by Gasteiger charge is -2.49. The lowest BCUT2D eigenvalue weighted by Crippen LogP contribution is -2.57. The highest BCUT2D eigenvalue weighted by atomic mass is 16.3. The normalized spacial score (nSPS) is 21.2. The molecule has 0 atom stereocenters. The first-order chi connectivity index (χ1) is 10.7. The van der Waals surface area contributed by atoms with E-state index in [1.54, 1.807) is 24.7 Å². The van der Waals surface area contributed by atoms with Gasteiger partial charge in [-0.25, -0.2) is 4.68 Å². The van der Waals surface area contributed by atoms with E-state index in [0.717, 1.165) is 19.3 Å². The number of nitrogens with zero attached hydrogens (tertiary/aromatic N) is 4. The molecule has 0 bridgehead atoms. The molecule has 0 aromatic carbocycles. The van der Waals surface area contributed by atoms with Gasteiger partial charge in [0.25, 0.3) is 0 Å². The summed E-state index contributed by atoms with van der Waals surface area (Å²) in [5.41, 5.74) is -0.512. The summed E-state index contributed by atoms with van der Waals surface area (Å²) in [6.07, 6.45) is 6.04. The van der Waals surface area contributed by atoms with E-state index in [2.05, 4.69) is 24.2 Å². The molecule has 1 saturated heterocycles. The second-order valence-corrected chi connectivity index (χ2v) is 8.24. The van der Waals surface area contributed by atoms with Gasteiger partial charge in [0.05, 0.1) is 12.2 Å². The van der Waals surface area contributed by atoms with Crippen molar-refractivity contribution in [3.63, 3.8) is 0 Å². The number of carbonyl (C=O) groups excluding carboxylic acids is 1. The third-order valence-electron chi connectivity index (χ3n) is 5.22. The Labute approximate surface area is 137 Å². The monoisotopic (exact) mass is 320 g/mol.